The van der Waals surface area contributed by atoms with Crippen molar-refractivity contribution >= 4 is 5.91 Å². The van der Waals surface area contributed by atoms with Crippen LogP contribution >= 0.6 is 0 Å². The molecule has 1 amide bonds. The van der Waals surface area contributed by atoms with Crippen molar-refractivity contribution in [2.45, 2.75) is 38.3 Å². The number of hydrogen-bond donors (Lipinski definition) is 0. The molecule has 2 aromatic heterocycles. The van der Waals surface area contributed by atoms with Crippen LogP contribution in [0.1, 0.15) is 39.8 Å². The average molecular weight is 539 g/mol. The maximum absolute atomic E-state index is 13.6. The van der Waals surface area contributed by atoms with Crippen LogP contribution in [0.5, 0.6) is 11.5 Å². The van der Waals surface area contributed by atoms with Gasteiger partial charge in [-0.1, -0.05) is 0 Å². The lowest BCUT2D eigenvalue weighted by molar-refractivity contribution is -0.189. The highest BCUT2D eigenvalue weighted by molar-refractivity contribution is 6.00. The molecule has 0 saturated heterocycles. The molecule has 0 spiro atoms. The highest BCUT2D eigenvalue weighted by atomic mass is 19.4. The molecule has 0 fully saturated rings. The fraction of sp³-hybridized carbons (Fsp3) is 0.333. The van der Waals surface area contributed by atoms with Crippen molar-refractivity contribution in [2.24, 2.45) is 0 Å². The molecule has 200 valence electrons. The van der Waals surface area contributed by atoms with Crippen molar-refractivity contribution in [3.63, 3.8) is 0 Å². The van der Waals surface area contributed by atoms with E-state index in [2.05, 4.69) is 10.1 Å². The number of fused-ring (bicyclic) bond motifs is 1. The Morgan fingerprint density at radius 1 is 1.18 bits per heavy atom. The van der Waals surface area contributed by atoms with E-state index in [-0.39, 0.29) is 42.1 Å². The van der Waals surface area contributed by atoms with E-state index in [0.717, 1.165) is 25.3 Å². The summed E-state index contributed by atoms with van der Waals surface area (Å²) < 4.78 is 90.2. The molecule has 1 unspecified atom stereocenters. The van der Waals surface area contributed by atoms with E-state index < -0.39 is 35.8 Å². The van der Waals surface area contributed by atoms with Gasteiger partial charge in [-0.3, -0.25) is 9.78 Å². The minimum atomic E-state index is -4.71. The molecule has 14 heteroatoms. The van der Waals surface area contributed by atoms with Gasteiger partial charge in [-0.2, -0.15) is 36.7 Å². The van der Waals surface area contributed by atoms with Gasteiger partial charge < -0.3 is 14.4 Å². The minimum Gasteiger partial charge on any atom is -0.494 e. The SMILES string of the molecule is COc1c(C#N)ccc(OC(C)C(F)(F)F)c1C(=O)N1CCc2nn(-c3ccnc(C(F)(F)F)c3)cc2C1. The van der Waals surface area contributed by atoms with Crippen LogP contribution in [-0.4, -0.2) is 51.5 Å². The average Bonchev–Trinajstić information content (AvgIpc) is 3.30. The van der Waals surface area contributed by atoms with Gasteiger partial charge in [-0.25, -0.2) is 4.68 Å². The molecule has 4 rings (SSSR count). The van der Waals surface area contributed by atoms with Gasteiger partial charge in [-0.05, 0) is 31.2 Å². The highest BCUT2D eigenvalue weighted by Gasteiger charge is 2.40. The number of carbonyl (C=O) groups is 1. The third-order valence-electron chi connectivity index (χ3n) is 5.87. The number of hydrogen-bond acceptors (Lipinski definition) is 6. The first-order chi connectivity index (χ1) is 17.8. The van der Waals surface area contributed by atoms with E-state index in [1.807, 2.05) is 6.07 Å². The summed E-state index contributed by atoms with van der Waals surface area (Å²) in [5.41, 5.74) is -0.338. The molecule has 1 aliphatic heterocycles. The molecular weight excluding hydrogens is 520 g/mol. The quantitative estimate of drug-likeness (QED) is 0.437. The van der Waals surface area contributed by atoms with Gasteiger partial charge in [-0.15, -0.1) is 0 Å². The molecule has 0 saturated carbocycles. The van der Waals surface area contributed by atoms with Crippen LogP contribution in [0.2, 0.25) is 0 Å². The zero-order chi connectivity index (χ0) is 27.8. The Hall–Kier alpha value is -4.28. The zero-order valence-electron chi connectivity index (χ0n) is 19.9. The van der Waals surface area contributed by atoms with Crippen LogP contribution in [0.15, 0.2) is 36.7 Å². The molecule has 0 radical (unpaired) electrons. The number of nitriles is 1. The van der Waals surface area contributed by atoms with Gasteiger partial charge >= 0.3 is 12.4 Å². The molecule has 0 aliphatic carbocycles. The Bertz CT molecular complexity index is 1410. The van der Waals surface area contributed by atoms with Crippen LogP contribution in [0.3, 0.4) is 0 Å². The number of aromatic nitrogens is 3. The smallest absolute Gasteiger partial charge is 0.433 e. The summed E-state index contributed by atoms with van der Waals surface area (Å²) in [6.07, 6.45) is -8.91. The van der Waals surface area contributed by atoms with Crippen LogP contribution in [0, 0.1) is 11.3 Å². The molecular formula is C24H19F6N5O3. The van der Waals surface area contributed by atoms with Gasteiger partial charge in [0.05, 0.1) is 24.1 Å². The normalized spacial score (nSPS) is 14.4. The van der Waals surface area contributed by atoms with Gasteiger partial charge in [0.25, 0.3) is 5.91 Å². The Labute approximate surface area is 212 Å². The molecule has 0 N–H and O–H groups in total. The maximum atomic E-state index is 13.6. The summed E-state index contributed by atoms with van der Waals surface area (Å²) in [5, 5.41) is 13.7. The fourth-order valence-corrected chi connectivity index (χ4v) is 3.92. The monoisotopic (exact) mass is 539 g/mol. The van der Waals surface area contributed by atoms with Gasteiger partial charge in [0.15, 0.2) is 11.9 Å². The van der Waals surface area contributed by atoms with Crippen molar-refractivity contribution in [1.29, 1.82) is 5.26 Å². The number of carbonyl (C=O) groups excluding carboxylic acids is 1. The predicted octanol–water partition coefficient (Wildman–Crippen LogP) is 4.69. The molecule has 1 atom stereocenters. The number of alkyl halides is 6. The first kappa shape index (κ1) is 26.8. The van der Waals surface area contributed by atoms with Gasteiger partial charge in [0.2, 0.25) is 0 Å². The number of methoxy groups -OCH3 is 1. The van der Waals surface area contributed by atoms with Gasteiger partial charge in [0.1, 0.15) is 23.1 Å². The lowest BCUT2D eigenvalue weighted by atomic mass is 10.0. The molecule has 38 heavy (non-hydrogen) atoms. The summed E-state index contributed by atoms with van der Waals surface area (Å²) >= 11 is 0. The summed E-state index contributed by atoms with van der Waals surface area (Å²) in [6.45, 7) is 0.838. The molecule has 1 aromatic carbocycles. The third-order valence-corrected chi connectivity index (χ3v) is 5.87. The number of halogens is 6. The number of pyridine rings is 1. The third kappa shape index (κ3) is 5.22. The molecule has 3 heterocycles. The lowest BCUT2D eigenvalue weighted by Gasteiger charge is -2.28. The standard InChI is InChI=1S/C24H19F6N5O3/c1-13(23(25,26)27)38-18-4-3-14(10-31)21(37-2)20(18)22(36)34-8-6-17-15(11-34)12-35(33-17)16-5-7-32-19(9-16)24(28,29)30/h3-5,7,9,12-13H,6,8,11H2,1-2H3. The van der Waals surface area contributed by atoms with E-state index in [4.69, 9.17) is 9.47 Å². The minimum absolute atomic E-state index is 0.0421. The Morgan fingerprint density at radius 2 is 1.92 bits per heavy atom. The molecule has 0 bridgehead atoms. The van der Waals surface area contributed by atoms with Crippen molar-refractivity contribution in [2.75, 3.05) is 13.7 Å². The Morgan fingerprint density at radius 3 is 2.55 bits per heavy atom. The first-order valence-corrected chi connectivity index (χ1v) is 11.1. The van der Waals surface area contributed by atoms with E-state index in [0.29, 0.717) is 11.3 Å². The van der Waals surface area contributed by atoms with Crippen molar-refractivity contribution < 1.29 is 40.6 Å². The largest absolute Gasteiger partial charge is 0.494 e. The van der Waals surface area contributed by atoms with Crippen molar-refractivity contribution in [1.82, 2.24) is 19.7 Å². The second-order valence-corrected chi connectivity index (χ2v) is 8.35. The van der Waals surface area contributed by atoms with Crippen molar-refractivity contribution in [3.8, 4) is 23.3 Å². The number of ether oxygens (including phenoxy) is 2. The van der Waals surface area contributed by atoms with Crippen LogP contribution in [0.25, 0.3) is 5.69 Å². The number of rotatable bonds is 5. The second kappa shape index (κ2) is 9.88. The van der Waals surface area contributed by atoms with Gasteiger partial charge in [0, 0.05) is 37.5 Å². The number of amides is 1. The zero-order valence-corrected chi connectivity index (χ0v) is 19.9. The lowest BCUT2D eigenvalue weighted by Crippen LogP contribution is -2.37. The maximum Gasteiger partial charge on any atom is 0.433 e. The van der Waals surface area contributed by atoms with E-state index >= 15 is 0 Å². The summed E-state index contributed by atoms with van der Waals surface area (Å²) in [5.74, 6) is -1.39. The molecule has 1 aliphatic rings. The fourth-order valence-electron chi connectivity index (χ4n) is 3.92. The topological polar surface area (TPSA) is 93.3 Å². The highest BCUT2D eigenvalue weighted by Crippen LogP contribution is 2.37. The van der Waals surface area contributed by atoms with E-state index in [1.54, 1.807) is 0 Å². The van der Waals surface area contributed by atoms with E-state index in [1.165, 1.54) is 35.0 Å². The van der Waals surface area contributed by atoms with E-state index in [9.17, 15) is 36.4 Å². The van der Waals surface area contributed by atoms with Crippen LogP contribution in [0.4, 0.5) is 26.3 Å². The van der Waals surface area contributed by atoms with Crippen LogP contribution in [-0.2, 0) is 19.1 Å². The Balaban J connectivity index is 1.66. The predicted molar refractivity (Wildman–Crippen MR) is 119 cm³/mol. The number of benzene rings is 1. The Kier molecular flexibility index (Phi) is 6.96. The second-order valence-electron chi connectivity index (χ2n) is 8.35. The molecule has 3 aromatic rings. The summed E-state index contributed by atoms with van der Waals surface area (Å²) in [4.78, 5) is 18.2. The summed E-state index contributed by atoms with van der Waals surface area (Å²) in [7, 11) is 1.17. The van der Waals surface area contributed by atoms with Crippen LogP contribution < -0.4 is 9.47 Å². The van der Waals surface area contributed by atoms with Crippen molar-refractivity contribution in [3.05, 3.63) is 64.7 Å². The first-order valence-electron chi connectivity index (χ1n) is 11.1. The number of nitrogens with zero attached hydrogens (tertiary/aromatic N) is 5. The molecule has 8 nitrogen and oxygen atoms in total. The summed E-state index contributed by atoms with van der Waals surface area (Å²) in [6, 6.07) is 6.32.